The molecule has 42 valence electrons. The largest absolute Gasteiger partial charge is 0.313 e. The molecule has 0 saturated heterocycles. The zero-order valence-corrected chi connectivity index (χ0v) is 5.12. The maximum absolute atomic E-state index is 9.63. The second-order valence-corrected chi connectivity index (χ2v) is 1.60. The van der Waals surface area contributed by atoms with Crippen LogP contribution in [0.5, 0.6) is 0 Å². The topological polar surface area (TPSA) is 29.1 Å². The van der Waals surface area contributed by atoms with Gasteiger partial charge >= 0.3 is 0 Å². The van der Waals surface area contributed by atoms with E-state index in [9.17, 15) is 4.21 Å². The molecule has 3 heteroatoms. The molecule has 0 radical (unpaired) electrons. The maximum atomic E-state index is 9.63. The van der Waals surface area contributed by atoms with Crippen molar-refractivity contribution in [1.29, 1.82) is 0 Å². The van der Waals surface area contributed by atoms with Gasteiger partial charge in [0, 0.05) is 11.9 Å². The lowest BCUT2D eigenvalue weighted by molar-refractivity contribution is 0.701. The van der Waals surface area contributed by atoms with Gasteiger partial charge in [-0.15, -0.1) is 0 Å². The monoisotopic (exact) mass is 119 g/mol. The van der Waals surface area contributed by atoms with Crippen molar-refractivity contribution in [1.82, 2.24) is 5.32 Å². The van der Waals surface area contributed by atoms with Gasteiger partial charge in [-0.25, -0.2) is 4.21 Å². The van der Waals surface area contributed by atoms with E-state index >= 15 is 0 Å². The minimum atomic E-state index is 0.504. The van der Waals surface area contributed by atoms with Gasteiger partial charge in [-0.2, -0.15) is 0 Å². The summed E-state index contributed by atoms with van der Waals surface area (Å²) in [6.45, 7) is 3.64. The molecule has 0 amide bonds. The van der Waals surface area contributed by atoms with Gasteiger partial charge in [0.05, 0.1) is 11.3 Å². The van der Waals surface area contributed by atoms with Crippen LogP contribution in [0.25, 0.3) is 0 Å². The first-order chi connectivity index (χ1) is 3.41. The maximum Gasteiger partial charge on any atom is 0.0854 e. The third kappa shape index (κ3) is 5.85. The number of hydrogen-bond acceptors (Lipinski definition) is 2. The fourth-order valence-corrected chi connectivity index (χ4v) is 0.423. The third-order valence-corrected chi connectivity index (χ3v) is 0.848. The van der Waals surface area contributed by atoms with Crippen LogP contribution in [0.15, 0.2) is 0 Å². The van der Waals surface area contributed by atoms with E-state index in [2.05, 4.69) is 5.32 Å². The molecule has 0 aromatic carbocycles. The smallest absolute Gasteiger partial charge is 0.0854 e. The Morgan fingerprint density at radius 2 is 2.57 bits per heavy atom. The van der Waals surface area contributed by atoms with Crippen molar-refractivity contribution in [3.05, 3.63) is 0 Å². The summed E-state index contributed by atoms with van der Waals surface area (Å²) >= 11 is 0.504. The van der Waals surface area contributed by atoms with Crippen LogP contribution in [-0.2, 0) is 11.3 Å². The van der Waals surface area contributed by atoms with E-state index in [1.807, 2.05) is 6.92 Å². The average Bonchev–Trinajstić information content (AvgIpc) is 1.69. The third-order valence-electron chi connectivity index (χ3n) is 0.546. The molecule has 0 fully saturated rings. The molecular weight excluding hydrogens is 110 g/mol. The molecular formula is C4H9NOS. The molecule has 7 heavy (non-hydrogen) atoms. The van der Waals surface area contributed by atoms with Crippen LogP contribution in [0.3, 0.4) is 0 Å². The molecule has 0 saturated carbocycles. The van der Waals surface area contributed by atoms with E-state index < -0.39 is 0 Å². The zero-order valence-electron chi connectivity index (χ0n) is 4.31. The van der Waals surface area contributed by atoms with Gasteiger partial charge in [0.1, 0.15) is 0 Å². The highest BCUT2D eigenvalue weighted by Gasteiger charge is 1.70. The lowest BCUT2D eigenvalue weighted by Crippen LogP contribution is -2.14. The van der Waals surface area contributed by atoms with E-state index in [0.29, 0.717) is 17.8 Å². The van der Waals surface area contributed by atoms with Crippen molar-refractivity contribution in [2.24, 2.45) is 0 Å². The van der Waals surface area contributed by atoms with Crippen LogP contribution >= 0.6 is 0 Å². The van der Waals surface area contributed by atoms with E-state index in [0.717, 1.165) is 6.54 Å². The minimum Gasteiger partial charge on any atom is -0.313 e. The molecule has 0 bridgehead atoms. The summed E-state index contributed by atoms with van der Waals surface area (Å²) in [4.78, 5) is 0. The molecule has 0 unspecified atom stereocenters. The number of rotatable bonds is 3. The molecule has 0 aliphatic carbocycles. The Morgan fingerprint density at radius 1 is 1.86 bits per heavy atom. The van der Waals surface area contributed by atoms with Crippen molar-refractivity contribution in [3.63, 3.8) is 0 Å². The molecule has 0 aromatic heterocycles. The van der Waals surface area contributed by atoms with Crippen LogP contribution in [-0.4, -0.2) is 22.7 Å². The second-order valence-electron chi connectivity index (χ2n) is 1.07. The predicted molar refractivity (Wildman–Crippen MR) is 32.8 cm³/mol. The summed E-state index contributed by atoms with van der Waals surface area (Å²) < 4.78 is 9.63. The Kier molecular flexibility index (Phi) is 5.72. The first kappa shape index (κ1) is 6.85. The van der Waals surface area contributed by atoms with Crippen LogP contribution in [0.2, 0.25) is 0 Å². The molecule has 0 atom stereocenters. The fraction of sp³-hybridized carbons (Fsp3) is 0.750. The SMILES string of the molecule is CCNCC=S=O. The standard InChI is InChI=1S/C4H9NOS/c1-2-5-3-4-7-6/h4-5H,2-3H2,1H3. The lowest BCUT2D eigenvalue weighted by atomic mass is 10.7. The normalized spacial score (nSPS) is 8.14. The molecule has 0 aliphatic heterocycles. The van der Waals surface area contributed by atoms with Gasteiger partial charge in [0.15, 0.2) is 0 Å². The molecule has 0 spiro atoms. The highest BCUT2D eigenvalue weighted by atomic mass is 32.1. The molecule has 1 N–H and O–H groups in total. The van der Waals surface area contributed by atoms with E-state index in [1.54, 1.807) is 5.37 Å². The highest BCUT2D eigenvalue weighted by molar-refractivity contribution is 7.64. The van der Waals surface area contributed by atoms with Crippen molar-refractivity contribution in [3.8, 4) is 0 Å². The Balaban J connectivity index is 2.83. The van der Waals surface area contributed by atoms with Crippen molar-refractivity contribution < 1.29 is 4.21 Å². The number of nitrogens with one attached hydrogen (secondary N) is 1. The molecule has 0 aliphatic rings. The Bertz CT molecular complexity index is 77.8. The van der Waals surface area contributed by atoms with E-state index in [-0.39, 0.29) is 0 Å². The Morgan fingerprint density at radius 3 is 3.00 bits per heavy atom. The quantitative estimate of drug-likeness (QED) is 0.405. The number of hydrogen-bond donors (Lipinski definition) is 1. The summed E-state index contributed by atoms with van der Waals surface area (Å²) in [5.41, 5.74) is 0. The average molecular weight is 119 g/mol. The Labute approximate surface area is 47.0 Å². The van der Waals surface area contributed by atoms with Gasteiger partial charge in [-0.1, -0.05) is 6.92 Å². The van der Waals surface area contributed by atoms with Gasteiger partial charge in [0.2, 0.25) is 0 Å². The second kappa shape index (κ2) is 5.85. The summed E-state index contributed by atoms with van der Waals surface area (Å²) in [6, 6.07) is 0. The zero-order chi connectivity index (χ0) is 5.54. The summed E-state index contributed by atoms with van der Waals surface area (Å²) in [6.07, 6.45) is 0. The van der Waals surface area contributed by atoms with Crippen molar-refractivity contribution in [2.45, 2.75) is 6.92 Å². The van der Waals surface area contributed by atoms with Crippen LogP contribution in [0, 0.1) is 0 Å². The minimum absolute atomic E-state index is 0.504. The Hall–Kier alpha value is -0.150. The van der Waals surface area contributed by atoms with E-state index in [4.69, 9.17) is 0 Å². The lowest BCUT2D eigenvalue weighted by Gasteiger charge is -1.87. The molecule has 0 heterocycles. The molecule has 2 nitrogen and oxygen atoms in total. The predicted octanol–water partition coefficient (Wildman–Crippen LogP) is -0.389. The van der Waals surface area contributed by atoms with Gasteiger partial charge < -0.3 is 5.32 Å². The highest BCUT2D eigenvalue weighted by Crippen LogP contribution is 1.47. The van der Waals surface area contributed by atoms with Crippen LogP contribution in [0.4, 0.5) is 0 Å². The van der Waals surface area contributed by atoms with Crippen molar-refractivity contribution >= 4 is 16.6 Å². The van der Waals surface area contributed by atoms with Gasteiger partial charge in [-0.05, 0) is 6.54 Å². The van der Waals surface area contributed by atoms with Crippen LogP contribution < -0.4 is 5.32 Å². The van der Waals surface area contributed by atoms with E-state index in [1.165, 1.54) is 0 Å². The summed E-state index contributed by atoms with van der Waals surface area (Å²) in [7, 11) is 0. The summed E-state index contributed by atoms with van der Waals surface area (Å²) in [5.74, 6) is 0. The first-order valence-electron chi connectivity index (χ1n) is 2.22. The van der Waals surface area contributed by atoms with Gasteiger partial charge in [-0.3, -0.25) is 0 Å². The fourth-order valence-electron chi connectivity index (χ4n) is 0.237. The van der Waals surface area contributed by atoms with Crippen molar-refractivity contribution in [2.75, 3.05) is 13.1 Å². The molecule has 0 aromatic rings. The van der Waals surface area contributed by atoms with Gasteiger partial charge in [0.25, 0.3) is 0 Å². The first-order valence-corrected chi connectivity index (χ1v) is 3.03. The molecule has 0 rings (SSSR count). The van der Waals surface area contributed by atoms with Crippen LogP contribution in [0.1, 0.15) is 6.92 Å². The summed E-state index contributed by atoms with van der Waals surface area (Å²) in [5, 5.41) is 4.56.